The minimum Gasteiger partial charge on any atom is -0.468 e. The number of thioether (sulfide) groups is 1. The van der Waals surface area contributed by atoms with E-state index in [0.717, 1.165) is 16.9 Å². The molecule has 1 fully saturated rings. The summed E-state index contributed by atoms with van der Waals surface area (Å²) >= 11 is 1.49. The molecule has 3 aromatic carbocycles. The van der Waals surface area contributed by atoms with E-state index in [1.54, 1.807) is 6.92 Å². The highest BCUT2D eigenvalue weighted by Gasteiger charge is 2.72. The van der Waals surface area contributed by atoms with Gasteiger partial charge in [-0.3, -0.25) is 9.69 Å². The fourth-order valence-electron chi connectivity index (χ4n) is 5.71. The maximum absolute atomic E-state index is 14.3. The summed E-state index contributed by atoms with van der Waals surface area (Å²) in [5, 5.41) is 2.04. The summed E-state index contributed by atoms with van der Waals surface area (Å²) in [7, 11) is 2.76. The lowest BCUT2D eigenvalue weighted by Crippen LogP contribution is -2.57. The molecule has 0 amide bonds. The summed E-state index contributed by atoms with van der Waals surface area (Å²) in [5.74, 6) is -0.499. The number of aliphatic imine (C=N–C) groups is 1. The molecule has 41 heavy (non-hydrogen) atoms. The lowest BCUT2D eigenvalue weighted by atomic mass is 9.79. The van der Waals surface area contributed by atoms with Crippen LogP contribution in [0.5, 0.6) is 0 Å². The Morgan fingerprint density at radius 1 is 0.878 bits per heavy atom. The molecular formula is C33H33N3O4S. The van der Waals surface area contributed by atoms with Crippen molar-refractivity contribution in [2.45, 2.75) is 32.2 Å². The summed E-state index contributed by atoms with van der Waals surface area (Å²) in [4.78, 5) is 35.7. The number of amidine groups is 1. The van der Waals surface area contributed by atoms with Gasteiger partial charge in [0.25, 0.3) is 0 Å². The monoisotopic (exact) mass is 567 g/mol. The first-order valence-corrected chi connectivity index (χ1v) is 14.2. The Balaban J connectivity index is 1.91. The Morgan fingerprint density at radius 3 is 2.05 bits per heavy atom. The second-order valence-electron chi connectivity index (χ2n) is 10.1. The molecule has 1 spiro atoms. The lowest BCUT2D eigenvalue weighted by molar-refractivity contribution is -0.150. The first-order valence-electron chi connectivity index (χ1n) is 13.3. The predicted molar refractivity (Wildman–Crippen MR) is 163 cm³/mol. The summed E-state index contributed by atoms with van der Waals surface area (Å²) in [6.45, 7) is 6.12. The molecule has 0 aliphatic carbocycles. The van der Waals surface area contributed by atoms with Crippen molar-refractivity contribution in [1.29, 1.82) is 0 Å². The fourth-order valence-corrected chi connectivity index (χ4v) is 7.28. The van der Waals surface area contributed by atoms with Crippen LogP contribution in [-0.4, -0.2) is 41.8 Å². The van der Waals surface area contributed by atoms with Crippen LogP contribution in [0.1, 0.15) is 26.3 Å². The van der Waals surface area contributed by atoms with Gasteiger partial charge in [0.05, 0.1) is 31.2 Å². The van der Waals surface area contributed by atoms with E-state index in [9.17, 15) is 9.59 Å². The molecule has 2 aliphatic heterocycles. The van der Waals surface area contributed by atoms with Crippen molar-refractivity contribution in [3.05, 3.63) is 119 Å². The molecule has 0 N–H and O–H groups in total. The van der Waals surface area contributed by atoms with Crippen LogP contribution in [0.3, 0.4) is 0 Å². The SMILES string of the molecule is COC(=O)/C(C)=C1/N(c2ccccc2)C(=Nc2ccccc2)[C@@](C)(C(=O)OC)[C@@]12SC=C(C)N2Cc1ccccc1. The Labute approximate surface area is 245 Å². The van der Waals surface area contributed by atoms with Crippen LogP contribution < -0.4 is 4.90 Å². The molecule has 1 saturated heterocycles. The van der Waals surface area contributed by atoms with Crippen LogP contribution in [0.4, 0.5) is 11.4 Å². The van der Waals surface area contributed by atoms with E-state index in [1.807, 2.05) is 103 Å². The van der Waals surface area contributed by atoms with Crippen molar-refractivity contribution >= 4 is 40.9 Å². The van der Waals surface area contributed by atoms with E-state index in [1.165, 1.54) is 26.0 Å². The topological polar surface area (TPSA) is 71.4 Å². The van der Waals surface area contributed by atoms with Crippen LogP contribution in [-0.2, 0) is 25.6 Å². The smallest absolute Gasteiger partial charge is 0.335 e. The molecule has 5 rings (SSSR count). The molecule has 0 unspecified atom stereocenters. The van der Waals surface area contributed by atoms with E-state index in [4.69, 9.17) is 14.5 Å². The van der Waals surface area contributed by atoms with Crippen LogP contribution in [0.25, 0.3) is 0 Å². The number of allylic oxidation sites excluding steroid dienone is 1. The number of carbonyl (C=O) groups excluding carboxylic acids is 2. The maximum atomic E-state index is 14.3. The molecule has 2 heterocycles. The quantitative estimate of drug-likeness (QED) is 0.243. The van der Waals surface area contributed by atoms with Gasteiger partial charge >= 0.3 is 11.9 Å². The van der Waals surface area contributed by atoms with Crippen molar-refractivity contribution in [2.75, 3.05) is 19.1 Å². The van der Waals surface area contributed by atoms with E-state index >= 15 is 0 Å². The molecule has 3 aromatic rings. The number of esters is 2. The van der Waals surface area contributed by atoms with Gasteiger partial charge in [0.2, 0.25) is 0 Å². The number of hydrogen-bond donors (Lipinski definition) is 0. The van der Waals surface area contributed by atoms with Crippen molar-refractivity contribution in [3.8, 4) is 0 Å². The first kappa shape index (κ1) is 28.2. The average molecular weight is 568 g/mol. The Kier molecular flexibility index (Phi) is 7.78. The van der Waals surface area contributed by atoms with Crippen molar-refractivity contribution in [3.63, 3.8) is 0 Å². The van der Waals surface area contributed by atoms with E-state index < -0.39 is 22.2 Å². The fraction of sp³-hybridized carbons (Fsp3) is 0.242. The lowest BCUT2D eigenvalue weighted by Gasteiger charge is -2.45. The Hall–Kier alpha value is -4.30. The number of hydrogen-bond acceptors (Lipinski definition) is 7. The molecule has 2 aliphatic rings. The third-order valence-electron chi connectivity index (χ3n) is 7.72. The molecular weight excluding hydrogens is 534 g/mol. The number of ether oxygens (including phenoxy) is 2. The van der Waals surface area contributed by atoms with E-state index in [0.29, 0.717) is 29.3 Å². The average Bonchev–Trinajstić information content (AvgIpc) is 3.45. The second kappa shape index (κ2) is 11.3. The van der Waals surface area contributed by atoms with Gasteiger partial charge in [-0.1, -0.05) is 78.5 Å². The first-order chi connectivity index (χ1) is 19.8. The number of methoxy groups -OCH3 is 2. The molecule has 0 saturated carbocycles. The number of benzene rings is 3. The van der Waals surface area contributed by atoms with Crippen molar-refractivity contribution in [2.24, 2.45) is 10.4 Å². The molecule has 8 heteroatoms. The zero-order valence-electron chi connectivity index (χ0n) is 23.8. The minimum absolute atomic E-state index is 0.374. The molecule has 0 radical (unpaired) electrons. The van der Waals surface area contributed by atoms with Gasteiger partial charge in [0, 0.05) is 17.9 Å². The van der Waals surface area contributed by atoms with Gasteiger partial charge in [-0.25, -0.2) is 9.79 Å². The van der Waals surface area contributed by atoms with Gasteiger partial charge in [0.15, 0.2) is 10.3 Å². The Bertz CT molecular complexity index is 1540. The van der Waals surface area contributed by atoms with Crippen LogP contribution in [0, 0.1) is 5.41 Å². The number of nitrogens with zero attached hydrogens (tertiary/aromatic N) is 3. The van der Waals surface area contributed by atoms with Gasteiger partial charge in [0.1, 0.15) is 5.84 Å². The summed E-state index contributed by atoms with van der Waals surface area (Å²) in [6.07, 6.45) is 0. The summed E-state index contributed by atoms with van der Waals surface area (Å²) in [6, 6.07) is 29.3. The highest BCUT2D eigenvalue weighted by Crippen LogP contribution is 2.64. The molecule has 0 aromatic heterocycles. The largest absolute Gasteiger partial charge is 0.468 e. The van der Waals surface area contributed by atoms with E-state index in [-0.39, 0.29) is 0 Å². The predicted octanol–water partition coefficient (Wildman–Crippen LogP) is 6.67. The van der Waals surface area contributed by atoms with Crippen molar-refractivity contribution < 1.29 is 19.1 Å². The van der Waals surface area contributed by atoms with Crippen LogP contribution in [0.2, 0.25) is 0 Å². The van der Waals surface area contributed by atoms with Crippen LogP contribution in [0.15, 0.2) is 118 Å². The van der Waals surface area contributed by atoms with Gasteiger partial charge < -0.3 is 14.4 Å². The normalized spacial score (nSPS) is 24.0. The number of rotatable bonds is 6. The van der Waals surface area contributed by atoms with Gasteiger partial charge in [-0.05, 0) is 56.0 Å². The number of anilines is 1. The number of carbonyl (C=O) groups is 2. The standard InChI is InChI=1S/C33H33N3O4S/c1-23-22-41-33(35(23)21-25-15-9-6-10-16-25)28(24(2)29(37)39-4)36(27-19-13-8-14-20-27)30(32(33,3)31(38)40-5)34-26-17-11-7-12-18-26/h6-20,22H,21H2,1-5H3/b28-24+,34-30?/t32-,33-/m0/s1. The zero-order chi connectivity index (χ0) is 29.2. The number of para-hydroxylation sites is 2. The minimum atomic E-state index is -1.37. The molecule has 7 nitrogen and oxygen atoms in total. The summed E-state index contributed by atoms with van der Waals surface area (Å²) < 4.78 is 10.9. The molecule has 2 atom stereocenters. The Morgan fingerprint density at radius 2 is 1.46 bits per heavy atom. The molecule has 0 bridgehead atoms. The van der Waals surface area contributed by atoms with E-state index in [2.05, 4.69) is 17.0 Å². The highest BCUT2D eigenvalue weighted by atomic mass is 32.2. The van der Waals surface area contributed by atoms with Crippen LogP contribution >= 0.6 is 11.8 Å². The molecule has 210 valence electrons. The van der Waals surface area contributed by atoms with Gasteiger partial charge in [-0.2, -0.15) is 0 Å². The van der Waals surface area contributed by atoms with Crippen molar-refractivity contribution in [1.82, 2.24) is 4.90 Å². The maximum Gasteiger partial charge on any atom is 0.335 e. The second-order valence-corrected chi connectivity index (χ2v) is 11.2. The highest BCUT2D eigenvalue weighted by molar-refractivity contribution is 8.04. The zero-order valence-corrected chi connectivity index (χ0v) is 24.6. The summed E-state index contributed by atoms with van der Waals surface area (Å²) in [5.41, 5.74) is 3.06. The van der Waals surface area contributed by atoms with Gasteiger partial charge in [-0.15, -0.1) is 0 Å². The third kappa shape index (κ3) is 4.52. The third-order valence-corrected chi connectivity index (χ3v) is 9.34.